The van der Waals surface area contributed by atoms with E-state index in [1.165, 1.54) is 6.42 Å². The van der Waals surface area contributed by atoms with Gasteiger partial charge in [-0.1, -0.05) is 0 Å². The smallest absolute Gasteiger partial charge is 0.0850 e. The third kappa shape index (κ3) is 1.36. The molecule has 1 unspecified atom stereocenters. The highest BCUT2D eigenvalue weighted by Gasteiger charge is 2.14. The monoisotopic (exact) mass is 132 g/mol. The number of piperidine rings is 1. The first-order valence-corrected chi connectivity index (χ1v) is 3.40. The molecule has 0 spiro atoms. The molecule has 0 aromatic carbocycles. The van der Waals surface area contributed by atoms with Crippen LogP contribution in [0.4, 0.5) is 0 Å². The lowest BCUT2D eigenvalue weighted by atomic mass is 10.1. The SMILES string of the molecule is CN1CC[CH]CC1Cl. The van der Waals surface area contributed by atoms with Gasteiger partial charge in [0.15, 0.2) is 0 Å². The van der Waals surface area contributed by atoms with Crippen LogP contribution in [-0.2, 0) is 0 Å². The second kappa shape index (κ2) is 2.70. The molecule has 0 N–H and O–H groups in total. The summed E-state index contributed by atoms with van der Waals surface area (Å²) in [6, 6.07) is 0. The zero-order valence-corrected chi connectivity index (χ0v) is 5.86. The topological polar surface area (TPSA) is 3.24 Å². The van der Waals surface area contributed by atoms with Gasteiger partial charge in [-0.25, -0.2) is 0 Å². The van der Waals surface area contributed by atoms with Crippen molar-refractivity contribution in [3.8, 4) is 0 Å². The van der Waals surface area contributed by atoms with E-state index in [0.29, 0.717) is 0 Å². The Balaban J connectivity index is 2.28. The molecule has 1 aliphatic heterocycles. The Labute approximate surface area is 55.6 Å². The molecule has 2 heteroatoms. The van der Waals surface area contributed by atoms with Gasteiger partial charge in [0.2, 0.25) is 0 Å². The molecule has 0 amide bonds. The molecular weight excluding hydrogens is 122 g/mol. The third-order valence-electron chi connectivity index (χ3n) is 1.53. The number of nitrogens with zero attached hydrogens (tertiary/aromatic N) is 1. The summed E-state index contributed by atoms with van der Waals surface area (Å²) in [5.41, 5.74) is 0.253. The van der Waals surface area contributed by atoms with E-state index in [1.807, 2.05) is 0 Å². The second-order valence-electron chi connectivity index (χ2n) is 2.23. The first kappa shape index (κ1) is 6.37. The summed E-state index contributed by atoms with van der Waals surface area (Å²) in [6.45, 7) is 1.12. The van der Waals surface area contributed by atoms with Crippen LogP contribution in [0.3, 0.4) is 0 Å². The quantitative estimate of drug-likeness (QED) is 0.357. The molecule has 1 aliphatic rings. The van der Waals surface area contributed by atoms with Gasteiger partial charge in [-0.2, -0.15) is 0 Å². The predicted molar refractivity (Wildman–Crippen MR) is 35.8 cm³/mol. The maximum Gasteiger partial charge on any atom is 0.0850 e. The summed E-state index contributed by atoms with van der Waals surface area (Å²) in [5.74, 6) is 0. The first-order valence-electron chi connectivity index (χ1n) is 2.96. The molecule has 1 saturated heterocycles. The van der Waals surface area contributed by atoms with Gasteiger partial charge in [0.25, 0.3) is 0 Å². The molecule has 47 valence electrons. The number of hydrogen-bond acceptors (Lipinski definition) is 1. The summed E-state index contributed by atoms with van der Waals surface area (Å²) in [7, 11) is 2.06. The maximum absolute atomic E-state index is 5.86. The van der Waals surface area contributed by atoms with Crippen LogP contribution in [0.5, 0.6) is 0 Å². The molecule has 8 heavy (non-hydrogen) atoms. The Morgan fingerprint density at radius 3 is 2.88 bits per heavy atom. The Bertz CT molecular complexity index is 64.9. The number of halogens is 1. The van der Waals surface area contributed by atoms with E-state index in [2.05, 4.69) is 18.4 Å². The number of hydrogen-bond donors (Lipinski definition) is 0. The van der Waals surface area contributed by atoms with Crippen molar-refractivity contribution in [2.45, 2.75) is 18.3 Å². The van der Waals surface area contributed by atoms with Gasteiger partial charge >= 0.3 is 0 Å². The van der Waals surface area contributed by atoms with Crippen LogP contribution in [0.2, 0.25) is 0 Å². The van der Waals surface area contributed by atoms with E-state index in [-0.39, 0.29) is 5.50 Å². The van der Waals surface area contributed by atoms with Crippen molar-refractivity contribution in [2.24, 2.45) is 0 Å². The van der Waals surface area contributed by atoms with Crippen LogP contribution in [0.25, 0.3) is 0 Å². The van der Waals surface area contributed by atoms with E-state index < -0.39 is 0 Å². The minimum absolute atomic E-state index is 0.253. The molecule has 0 aromatic rings. The summed E-state index contributed by atoms with van der Waals surface area (Å²) < 4.78 is 0. The Hall–Kier alpha value is 0.250. The number of alkyl halides is 1. The molecule has 1 heterocycles. The van der Waals surface area contributed by atoms with Crippen LogP contribution in [0, 0.1) is 6.42 Å². The summed E-state index contributed by atoms with van der Waals surface area (Å²) in [5, 5.41) is 0. The van der Waals surface area contributed by atoms with Crippen molar-refractivity contribution < 1.29 is 0 Å². The average Bonchev–Trinajstić information content (AvgIpc) is 1.77. The van der Waals surface area contributed by atoms with Gasteiger partial charge in [0.1, 0.15) is 0 Å². The first-order chi connectivity index (χ1) is 3.80. The minimum atomic E-state index is 0.253. The fourth-order valence-corrected chi connectivity index (χ4v) is 1.09. The molecule has 0 aromatic heterocycles. The third-order valence-corrected chi connectivity index (χ3v) is 2.04. The van der Waals surface area contributed by atoms with Crippen molar-refractivity contribution in [2.75, 3.05) is 13.6 Å². The highest BCUT2D eigenvalue weighted by molar-refractivity contribution is 6.20. The predicted octanol–water partition coefficient (Wildman–Crippen LogP) is 1.48. The minimum Gasteiger partial charge on any atom is -0.291 e. The fraction of sp³-hybridized carbons (Fsp3) is 0.833. The van der Waals surface area contributed by atoms with Gasteiger partial charge in [0.05, 0.1) is 5.50 Å². The highest BCUT2D eigenvalue weighted by Crippen LogP contribution is 2.16. The lowest BCUT2D eigenvalue weighted by Gasteiger charge is -2.26. The molecule has 1 rings (SSSR count). The lowest BCUT2D eigenvalue weighted by Crippen LogP contribution is -2.31. The Kier molecular flexibility index (Phi) is 2.15. The van der Waals surface area contributed by atoms with E-state index in [0.717, 1.165) is 13.0 Å². The van der Waals surface area contributed by atoms with Crippen molar-refractivity contribution in [1.29, 1.82) is 0 Å². The van der Waals surface area contributed by atoms with E-state index in [4.69, 9.17) is 11.6 Å². The van der Waals surface area contributed by atoms with Crippen LogP contribution >= 0.6 is 11.6 Å². The second-order valence-corrected chi connectivity index (χ2v) is 2.73. The van der Waals surface area contributed by atoms with Gasteiger partial charge in [-0.05, 0) is 32.9 Å². The van der Waals surface area contributed by atoms with Gasteiger partial charge in [-0.15, -0.1) is 11.6 Å². The molecular formula is C6H11ClN. The van der Waals surface area contributed by atoms with Crippen molar-refractivity contribution in [3.63, 3.8) is 0 Å². The van der Waals surface area contributed by atoms with Gasteiger partial charge in [-0.3, -0.25) is 4.90 Å². The lowest BCUT2D eigenvalue weighted by molar-refractivity contribution is 0.278. The van der Waals surface area contributed by atoms with Crippen LogP contribution in [0.15, 0.2) is 0 Å². The van der Waals surface area contributed by atoms with E-state index in [9.17, 15) is 0 Å². The zero-order valence-electron chi connectivity index (χ0n) is 5.10. The summed E-state index contributed by atoms with van der Waals surface area (Å²) in [6.07, 6.45) is 4.48. The highest BCUT2D eigenvalue weighted by atomic mass is 35.5. The van der Waals surface area contributed by atoms with E-state index in [1.54, 1.807) is 0 Å². The molecule has 0 bridgehead atoms. The molecule has 0 aliphatic carbocycles. The van der Waals surface area contributed by atoms with Crippen molar-refractivity contribution in [3.05, 3.63) is 6.42 Å². The summed E-state index contributed by atoms with van der Waals surface area (Å²) >= 11 is 5.86. The largest absolute Gasteiger partial charge is 0.291 e. The molecule has 1 atom stereocenters. The van der Waals surface area contributed by atoms with Crippen LogP contribution in [-0.4, -0.2) is 24.0 Å². The van der Waals surface area contributed by atoms with Crippen molar-refractivity contribution >= 4 is 11.6 Å². The summed E-state index contributed by atoms with van der Waals surface area (Å²) in [4.78, 5) is 2.17. The molecule has 0 saturated carbocycles. The molecule has 1 nitrogen and oxygen atoms in total. The average molecular weight is 133 g/mol. The normalized spacial score (nSPS) is 33.0. The molecule has 1 fully saturated rings. The standard InChI is InChI=1S/C6H11ClN/c1-8-5-3-2-4-6(8)7/h2,6H,3-5H2,1H3. The fourth-order valence-electron chi connectivity index (χ4n) is 0.870. The van der Waals surface area contributed by atoms with Crippen LogP contribution in [0.1, 0.15) is 12.8 Å². The number of rotatable bonds is 0. The Morgan fingerprint density at radius 2 is 2.50 bits per heavy atom. The zero-order chi connectivity index (χ0) is 5.98. The maximum atomic E-state index is 5.86. The number of likely N-dealkylation sites (tertiary alicyclic amines) is 1. The van der Waals surface area contributed by atoms with E-state index >= 15 is 0 Å². The molecule has 1 radical (unpaired) electrons. The van der Waals surface area contributed by atoms with Gasteiger partial charge < -0.3 is 0 Å². The van der Waals surface area contributed by atoms with Gasteiger partial charge in [0, 0.05) is 0 Å². The Morgan fingerprint density at radius 1 is 1.75 bits per heavy atom. The van der Waals surface area contributed by atoms with Crippen LogP contribution < -0.4 is 0 Å². The van der Waals surface area contributed by atoms with Crippen molar-refractivity contribution in [1.82, 2.24) is 4.90 Å².